The summed E-state index contributed by atoms with van der Waals surface area (Å²) in [5.74, 6) is 0.788. The first-order chi connectivity index (χ1) is 14.5. The molecule has 3 aliphatic rings. The van der Waals surface area contributed by atoms with Crippen LogP contribution in [0.3, 0.4) is 0 Å². The zero-order valence-corrected chi connectivity index (χ0v) is 17.5. The number of halogens is 1. The first-order valence-corrected chi connectivity index (χ1v) is 10.9. The highest BCUT2D eigenvalue weighted by molar-refractivity contribution is 5.77. The molecule has 1 aliphatic heterocycles. The van der Waals surface area contributed by atoms with Crippen LogP contribution in [0.5, 0.6) is 5.75 Å². The van der Waals surface area contributed by atoms with E-state index in [1.54, 1.807) is 16.7 Å². The Hall–Kier alpha value is -2.41. The third-order valence-corrected chi connectivity index (χ3v) is 6.72. The van der Waals surface area contributed by atoms with E-state index < -0.39 is 12.1 Å². The number of hydrogen-bond acceptors (Lipinski definition) is 4. The molecular weight excluding hydrogens is 385 g/mol. The molecule has 1 unspecified atom stereocenters. The minimum absolute atomic E-state index is 0.0156. The van der Waals surface area contributed by atoms with Crippen molar-refractivity contribution in [2.24, 2.45) is 0 Å². The number of methoxy groups -OCH3 is 1. The quantitative estimate of drug-likeness (QED) is 0.788. The lowest BCUT2D eigenvalue weighted by atomic mass is 9.96. The Balaban J connectivity index is 1.43. The van der Waals surface area contributed by atoms with E-state index >= 15 is 0 Å². The van der Waals surface area contributed by atoms with E-state index in [9.17, 15) is 14.3 Å². The second-order valence-corrected chi connectivity index (χ2v) is 8.85. The number of rotatable bonds is 6. The van der Waals surface area contributed by atoms with Crippen LogP contribution in [0.4, 0.5) is 4.39 Å². The maximum atomic E-state index is 15.0. The number of ether oxygens (including phenoxy) is 1. The SMILES string of the molecule is COc1cccc(C2[C@H](O)CCN2C(=O)Cn2nc(C3CC3)c(F)c2C2CC2)c1C. The number of aromatic nitrogens is 2. The number of carbonyl (C=O) groups is 1. The van der Waals surface area contributed by atoms with E-state index in [2.05, 4.69) is 5.10 Å². The maximum absolute atomic E-state index is 15.0. The van der Waals surface area contributed by atoms with Crippen LogP contribution < -0.4 is 4.74 Å². The number of benzene rings is 1. The minimum Gasteiger partial charge on any atom is -0.496 e. The molecule has 2 aromatic rings. The lowest BCUT2D eigenvalue weighted by Crippen LogP contribution is -2.36. The molecule has 3 fully saturated rings. The monoisotopic (exact) mass is 413 g/mol. The van der Waals surface area contributed by atoms with Crippen LogP contribution in [0.2, 0.25) is 0 Å². The smallest absolute Gasteiger partial charge is 0.244 e. The predicted octanol–water partition coefficient (Wildman–Crippen LogP) is 3.43. The second kappa shape index (κ2) is 7.38. The largest absolute Gasteiger partial charge is 0.496 e. The van der Waals surface area contributed by atoms with Crippen molar-refractivity contribution in [3.8, 4) is 5.75 Å². The summed E-state index contributed by atoms with van der Waals surface area (Å²) in [6, 6.07) is 5.26. The Kier molecular flexibility index (Phi) is 4.81. The molecule has 160 valence electrons. The minimum atomic E-state index is -0.640. The fourth-order valence-corrected chi connectivity index (χ4v) is 4.78. The molecule has 6 nitrogen and oxygen atoms in total. The maximum Gasteiger partial charge on any atom is 0.244 e. The molecule has 0 radical (unpaired) electrons. The topological polar surface area (TPSA) is 67.6 Å². The average molecular weight is 413 g/mol. The summed E-state index contributed by atoms with van der Waals surface area (Å²) in [6.07, 6.45) is 3.73. The Morgan fingerprint density at radius 3 is 2.63 bits per heavy atom. The van der Waals surface area contributed by atoms with Crippen molar-refractivity contribution in [3.05, 3.63) is 46.5 Å². The molecule has 0 bridgehead atoms. The highest BCUT2D eigenvalue weighted by Crippen LogP contribution is 2.47. The molecule has 30 heavy (non-hydrogen) atoms. The molecule has 1 amide bonds. The van der Waals surface area contributed by atoms with Crippen molar-refractivity contribution in [2.75, 3.05) is 13.7 Å². The summed E-state index contributed by atoms with van der Waals surface area (Å²) >= 11 is 0. The molecule has 2 saturated carbocycles. The van der Waals surface area contributed by atoms with Crippen LogP contribution in [-0.2, 0) is 11.3 Å². The molecule has 0 spiro atoms. The van der Waals surface area contributed by atoms with Crippen molar-refractivity contribution >= 4 is 5.91 Å². The van der Waals surface area contributed by atoms with Gasteiger partial charge >= 0.3 is 0 Å². The number of hydrogen-bond donors (Lipinski definition) is 1. The van der Waals surface area contributed by atoms with Gasteiger partial charge in [0.2, 0.25) is 5.91 Å². The summed E-state index contributed by atoms with van der Waals surface area (Å²) < 4.78 is 22.0. The van der Waals surface area contributed by atoms with Crippen LogP contribution in [0.1, 0.15) is 72.5 Å². The molecule has 1 N–H and O–H groups in total. The normalized spacial score (nSPS) is 23.8. The van der Waals surface area contributed by atoms with E-state index in [1.165, 1.54) is 0 Å². The first kappa shape index (κ1) is 19.5. The molecule has 1 saturated heterocycles. The summed E-state index contributed by atoms with van der Waals surface area (Å²) in [7, 11) is 1.61. The van der Waals surface area contributed by atoms with Crippen molar-refractivity contribution in [2.45, 2.75) is 69.6 Å². The van der Waals surface area contributed by atoms with Gasteiger partial charge in [-0.25, -0.2) is 4.39 Å². The van der Waals surface area contributed by atoms with Gasteiger partial charge in [-0.05, 0) is 56.2 Å². The standard InChI is InChI=1S/C23H28FN3O3/c1-13-16(4-3-5-18(13)30-2)23-17(28)10-11-26(23)19(29)12-27-22(15-8-9-15)20(24)21(25-27)14-6-7-14/h3-5,14-15,17,23,28H,6-12H2,1-2H3/t17-,23?/m1/s1. The van der Waals surface area contributed by atoms with Crippen LogP contribution in [-0.4, -0.2) is 45.5 Å². The second-order valence-electron chi connectivity index (χ2n) is 8.85. The Bertz CT molecular complexity index is 980. The Labute approximate surface area is 175 Å². The van der Waals surface area contributed by atoms with Gasteiger partial charge in [-0.2, -0.15) is 5.10 Å². The highest BCUT2D eigenvalue weighted by atomic mass is 19.1. The third kappa shape index (κ3) is 3.29. The predicted molar refractivity (Wildman–Crippen MR) is 109 cm³/mol. The number of aliphatic hydroxyl groups is 1. The van der Waals surface area contributed by atoms with E-state index in [-0.39, 0.29) is 30.1 Å². The van der Waals surface area contributed by atoms with Crippen LogP contribution in [0, 0.1) is 12.7 Å². The number of nitrogens with zero attached hydrogens (tertiary/aromatic N) is 3. The lowest BCUT2D eigenvalue weighted by Gasteiger charge is -2.28. The van der Waals surface area contributed by atoms with E-state index in [4.69, 9.17) is 4.74 Å². The molecule has 2 heterocycles. The van der Waals surface area contributed by atoms with Gasteiger partial charge in [0.1, 0.15) is 18.0 Å². The van der Waals surface area contributed by atoms with Crippen LogP contribution >= 0.6 is 0 Å². The van der Waals surface area contributed by atoms with E-state index in [0.717, 1.165) is 42.6 Å². The van der Waals surface area contributed by atoms with E-state index in [0.29, 0.717) is 24.4 Å². The van der Waals surface area contributed by atoms with Gasteiger partial charge in [0.25, 0.3) is 0 Å². The fraction of sp³-hybridized carbons (Fsp3) is 0.565. The summed E-state index contributed by atoms with van der Waals surface area (Å²) in [6.45, 7) is 2.43. The number of amides is 1. The molecule has 1 aromatic carbocycles. The van der Waals surface area contributed by atoms with Crippen molar-refractivity contribution in [1.29, 1.82) is 0 Å². The van der Waals surface area contributed by atoms with Gasteiger partial charge in [-0.15, -0.1) is 0 Å². The molecular formula is C23H28FN3O3. The Morgan fingerprint density at radius 2 is 1.97 bits per heavy atom. The summed E-state index contributed by atoms with van der Waals surface area (Å²) in [4.78, 5) is 15.0. The fourth-order valence-electron chi connectivity index (χ4n) is 4.78. The highest BCUT2D eigenvalue weighted by Gasteiger charge is 2.41. The molecule has 5 rings (SSSR count). The number of aliphatic hydroxyl groups excluding tert-OH is 1. The van der Waals surface area contributed by atoms with Gasteiger partial charge in [0, 0.05) is 18.4 Å². The number of carbonyl (C=O) groups excluding carboxylic acids is 1. The van der Waals surface area contributed by atoms with Gasteiger partial charge in [-0.1, -0.05) is 12.1 Å². The van der Waals surface area contributed by atoms with Gasteiger partial charge in [-0.3, -0.25) is 9.48 Å². The summed E-state index contributed by atoms with van der Waals surface area (Å²) in [5, 5.41) is 15.2. The van der Waals surface area contributed by atoms with Gasteiger partial charge in [0.15, 0.2) is 5.82 Å². The average Bonchev–Trinajstić information content (AvgIpc) is 3.65. The van der Waals surface area contributed by atoms with Crippen molar-refractivity contribution in [1.82, 2.24) is 14.7 Å². The van der Waals surface area contributed by atoms with Crippen molar-refractivity contribution in [3.63, 3.8) is 0 Å². The molecule has 2 atom stereocenters. The Morgan fingerprint density at radius 1 is 1.23 bits per heavy atom. The zero-order valence-electron chi connectivity index (χ0n) is 17.5. The van der Waals surface area contributed by atoms with Crippen LogP contribution in [0.15, 0.2) is 18.2 Å². The van der Waals surface area contributed by atoms with Gasteiger partial charge < -0.3 is 14.7 Å². The number of likely N-dealkylation sites (tertiary alicyclic amines) is 1. The molecule has 2 aliphatic carbocycles. The first-order valence-electron chi connectivity index (χ1n) is 10.9. The summed E-state index contributed by atoms with van der Waals surface area (Å²) in [5.41, 5.74) is 2.94. The molecule has 1 aromatic heterocycles. The molecule has 7 heteroatoms. The lowest BCUT2D eigenvalue weighted by molar-refractivity contribution is -0.134. The van der Waals surface area contributed by atoms with Crippen molar-refractivity contribution < 1.29 is 19.0 Å². The van der Waals surface area contributed by atoms with Gasteiger partial charge in [0.05, 0.1) is 24.9 Å². The zero-order chi connectivity index (χ0) is 21.0. The third-order valence-electron chi connectivity index (χ3n) is 6.72. The van der Waals surface area contributed by atoms with Crippen LogP contribution in [0.25, 0.3) is 0 Å². The van der Waals surface area contributed by atoms with E-state index in [1.807, 2.05) is 25.1 Å².